The zero-order valence-electron chi connectivity index (χ0n) is 9.31. The average molecular weight is 220 g/mol. The Balaban J connectivity index is 2.45. The van der Waals surface area contributed by atoms with Gasteiger partial charge < -0.3 is 15.2 Å². The van der Waals surface area contributed by atoms with Gasteiger partial charge in [0.1, 0.15) is 11.8 Å². The van der Waals surface area contributed by atoms with Crippen LogP contribution in [0.3, 0.4) is 0 Å². The van der Waals surface area contributed by atoms with Gasteiger partial charge in [0.25, 0.3) is 0 Å². The van der Waals surface area contributed by atoms with Gasteiger partial charge in [0.2, 0.25) is 0 Å². The maximum absolute atomic E-state index is 8.60. The number of nitrogens with one attached hydrogen (secondary N) is 1. The summed E-state index contributed by atoms with van der Waals surface area (Å²) in [7, 11) is 0. The summed E-state index contributed by atoms with van der Waals surface area (Å²) in [5, 5.41) is 20.3. The van der Waals surface area contributed by atoms with Gasteiger partial charge in [-0.15, -0.1) is 0 Å². The Bertz CT molecular complexity index is 343. The van der Waals surface area contributed by atoms with Crippen LogP contribution < -0.4 is 10.1 Å². The van der Waals surface area contributed by atoms with E-state index in [-0.39, 0.29) is 6.61 Å². The van der Waals surface area contributed by atoms with Gasteiger partial charge in [0.15, 0.2) is 6.10 Å². The van der Waals surface area contributed by atoms with Gasteiger partial charge in [-0.3, -0.25) is 0 Å². The second-order valence-corrected chi connectivity index (χ2v) is 3.43. The summed E-state index contributed by atoms with van der Waals surface area (Å²) in [6.07, 6.45) is -0.432. The molecule has 0 saturated carbocycles. The number of rotatable bonds is 6. The quantitative estimate of drug-likeness (QED) is 0.703. The third-order valence-electron chi connectivity index (χ3n) is 2.04. The normalized spacial score (nSPS) is 11.8. The third kappa shape index (κ3) is 4.30. The molecule has 4 heteroatoms. The SMILES string of the molecule is CC(C#N)Oc1ccc(CNCCO)cc1. The largest absolute Gasteiger partial charge is 0.476 e. The van der Waals surface area contributed by atoms with Crippen molar-refractivity contribution in [3.63, 3.8) is 0 Å². The van der Waals surface area contributed by atoms with Gasteiger partial charge in [-0.05, 0) is 24.6 Å². The summed E-state index contributed by atoms with van der Waals surface area (Å²) in [5.74, 6) is 0.694. The number of aliphatic hydroxyl groups is 1. The highest BCUT2D eigenvalue weighted by Crippen LogP contribution is 2.13. The van der Waals surface area contributed by atoms with Gasteiger partial charge >= 0.3 is 0 Å². The highest BCUT2D eigenvalue weighted by atomic mass is 16.5. The molecule has 0 spiro atoms. The van der Waals surface area contributed by atoms with Gasteiger partial charge in [-0.2, -0.15) is 5.26 Å². The van der Waals surface area contributed by atoms with Gasteiger partial charge in [0.05, 0.1) is 6.61 Å². The maximum atomic E-state index is 8.60. The molecule has 0 bridgehead atoms. The molecule has 4 nitrogen and oxygen atoms in total. The van der Waals surface area contributed by atoms with E-state index in [0.717, 1.165) is 5.56 Å². The molecule has 0 fully saturated rings. The van der Waals surface area contributed by atoms with E-state index in [1.165, 1.54) is 0 Å². The number of hydrogen-bond acceptors (Lipinski definition) is 4. The van der Waals surface area contributed by atoms with Crippen molar-refractivity contribution in [2.75, 3.05) is 13.2 Å². The Hall–Kier alpha value is -1.57. The average Bonchev–Trinajstić information content (AvgIpc) is 2.31. The van der Waals surface area contributed by atoms with E-state index < -0.39 is 6.10 Å². The number of aliphatic hydroxyl groups excluding tert-OH is 1. The fraction of sp³-hybridized carbons (Fsp3) is 0.417. The van der Waals surface area contributed by atoms with Gasteiger partial charge in [0, 0.05) is 13.1 Å². The van der Waals surface area contributed by atoms with Crippen molar-refractivity contribution >= 4 is 0 Å². The Morgan fingerprint density at radius 1 is 1.44 bits per heavy atom. The molecule has 0 radical (unpaired) electrons. The standard InChI is InChI=1S/C12H16N2O2/c1-10(8-13)16-12-4-2-11(3-5-12)9-14-6-7-15/h2-5,10,14-15H,6-7,9H2,1H3. The van der Waals surface area contributed by atoms with Gasteiger partial charge in [-0.1, -0.05) is 12.1 Å². The van der Waals surface area contributed by atoms with Crippen LogP contribution in [0.5, 0.6) is 5.75 Å². The fourth-order valence-electron chi connectivity index (χ4n) is 1.23. The van der Waals surface area contributed by atoms with Crippen molar-refractivity contribution in [2.45, 2.75) is 19.6 Å². The maximum Gasteiger partial charge on any atom is 0.181 e. The van der Waals surface area contributed by atoms with E-state index >= 15 is 0 Å². The van der Waals surface area contributed by atoms with Crippen molar-refractivity contribution in [1.29, 1.82) is 5.26 Å². The first-order valence-corrected chi connectivity index (χ1v) is 5.23. The number of hydrogen-bond donors (Lipinski definition) is 2. The second kappa shape index (κ2) is 6.83. The molecule has 0 amide bonds. The summed E-state index contributed by atoms with van der Waals surface area (Å²) in [5.41, 5.74) is 1.12. The van der Waals surface area contributed by atoms with E-state index in [1.807, 2.05) is 30.3 Å². The van der Waals surface area contributed by atoms with Crippen LogP contribution in [0.2, 0.25) is 0 Å². The lowest BCUT2D eigenvalue weighted by atomic mass is 10.2. The van der Waals surface area contributed by atoms with Crippen LogP contribution in [0.1, 0.15) is 12.5 Å². The predicted octanol–water partition coefficient (Wildman–Crippen LogP) is 1.06. The molecule has 1 aromatic rings. The van der Waals surface area contributed by atoms with E-state index in [9.17, 15) is 0 Å². The minimum absolute atomic E-state index is 0.140. The molecular formula is C12H16N2O2. The smallest absolute Gasteiger partial charge is 0.181 e. The lowest BCUT2D eigenvalue weighted by molar-refractivity contribution is 0.276. The molecule has 0 heterocycles. The molecule has 1 aromatic carbocycles. The Morgan fingerprint density at radius 3 is 2.69 bits per heavy atom. The monoisotopic (exact) mass is 220 g/mol. The van der Waals surface area contributed by atoms with E-state index in [0.29, 0.717) is 18.8 Å². The molecule has 0 aliphatic carbocycles. The first-order chi connectivity index (χ1) is 7.76. The Morgan fingerprint density at radius 2 is 2.12 bits per heavy atom. The zero-order chi connectivity index (χ0) is 11.8. The number of nitriles is 1. The number of nitrogens with zero attached hydrogens (tertiary/aromatic N) is 1. The first-order valence-electron chi connectivity index (χ1n) is 5.23. The molecule has 1 unspecified atom stereocenters. The minimum Gasteiger partial charge on any atom is -0.476 e. The van der Waals surface area contributed by atoms with Crippen molar-refractivity contribution in [2.24, 2.45) is 0 Å². The van der Waals surface area contributed by atoms with Crippen LogP contribution in [0, 0.1) is 11.3 Å². The summed E-state index contributed by atoms with van der Waals surface area (Å²) >= 11 is 0. The summed E-state index contributed by atoms with van der Waals surface area (Å²) in [6, 6.07) is 9.55. The predicted molar refractivity (Wildman–Crippen MR) is 60.9 cm³/mol. The van der Waals surface area contributed by atoms with Crippen LogP contribution in [-0.4, -0.2) is 24.4 Å². The van der Waals surface area contributed by atoms with Crippen LogP contribution in [0.15, 0.2) is 24.3 Å². The van der Waals surface area contributed by atoms with Crippen LogP contribution in [-0.2, 0) is 6.54 Å². The molecule has 16 heavy (non-hydrogen) atoms. The second-order valence-electron chi connectivity index (χ2n) is 3.43. The summed E-state index contributed by atoms with van der Waals surface area (Å²) in [4.78, 5) is 0. The molecule has 1 atom stereocenters. The van der Waals surface area contributed by atoms with Crippen LogP contribution in [0.4, 0.5) is 0 Å². The first kappa shape index (κ1) is 12.5. The third-order valence-corrected chi connectivity index (χ3v) is 2.04. The summed E-state index contributed by atoms with van der Waals surface area (Å²) in [6.45, 7) is 3.15. The summed E-state index contributed by atoms with van der Waals surface area (Å²) < 4.78 is 5.32. The van der Waals surface area contributed by atoms with Crippen molar-refractivity contribution in [1.82, 2.24) is 5.32 Å². The molecule has 0 aromatic heterocycles. The van der Waals surface area contributed by atoms with Crippen molar-refractivity contribution < 1.29 is 9.84 Å². The fourth-order valence-corrected chi connectivity index (χ4v) is 1.23. The highest BCUT2D eigenvalue weighted by Gasteiger charge is 2.01. The molecular weight excluding hydrogens is 204 g/mol. The molecule has 0 aliphatic heterocycles. The molecule has 2 N–H and O–H groups in total. The molecule has 1 rings (SSSR count). The highest BCUT2D eigenvalue weighted by molar-refractivity contribution is 5.27. The minimum atomic E-state index is -0.432. The lowest BCUT2D eigenvalue weighted by Crippen LogP contribution is -2.17. The van der Waals surface area contributed by atoms with Crippen LogP contribution in [0.25, 0.3) is 0 Å². The van der Waals surface area contributed by atoms with E-state index in [2.05, 4.69) is 5.32 Å². The molecule has 0 aliphatic rings. The van der Waals surface area contributed by atoms with E-state index in [4.69, 9.17) is 15.1 Å². The Labute approximate surface area is 95.5 Å². The van der Waals surface area contributed by atoms with Crippen molar-refractivity contribution in [3.8, 4) is 11.8 Å². The zero-order valence-corrected chi connectivity index (χ0v) is 9.31. The lowest BCUT2D eigenvalue weighted by Gasteiger charge is -2.08. The topological polar surface area (TPSA) is 65.3 Å². The number of ether oxygens (including phenoxy) is 1. The van der Waals surface area contributed by atoms with Gasteiger partial charge in [-0.25, -0.2) is 0 Å². The van der Waals surface area contributed by atoms with E-state index in [1.54, 1.807) is 6.92 Å². The van der Waals surface area contributed by atoms with Crippen LogP contribution >= 0.6 is 0 Å². The molecule has 0 saturated heterocycles. The Kier molecular flexibility index (Phi) is 5.34. The molecule has 86 valence electrons. The number of benzene rings is 1. The van der Waals surface area contributed by atoms with Crippen molar-refractivity contribution in [3.05, 3.63) is 29.8 Å².